The van der Waals surface area contributed by atoms with Gasteiger partial charge in [-0.05, 0) is 19.1 Å². The summed E-state index contributed by atoms with van der Waals surface area (Å²) in [6.45, 7) is 1.87. The first kappa shape index (κ1) is 9.39. The minimum absolute atomic E-state index is 0.0838. The number of primary amides is 1. The zero-order chi connectivity index (χ0) is 10.8. The molecule has 0 aliphatic carbocycles. The van der Waals surface area contributed by atoms with E-state index < -0.39 is 5.91 Å². The average Bonchev–Trinajstić information content (AvgIpc) is 2.66. The summed E-state index contributed by atoms with van der Waals surface area (Å²) in [4.78, 5) is 18.8. The highest BCUT2D eigenvalue weighted by Crippen LogP contribution is 2.18. The van der Waals surface area contributed by atoms with Crippen LogP contribution in [-0.2, 0) is 0 Å². The van der Waals surface area contributed by atoms with E-state index in [9.17, 15) is 4.79 Å². The van der Waals surface area contributed by atoms with Crippen LogP contribution in [0.15, 0.2) is 29.0 Å². The molecule has 0 fully saturated rings. The Morgan fingerprint density at radius 1 is 1.53 bits per heavy atom. The average molecular weight is 203 g/mol. The number of nitrogens with zero attached hydrogens (tertiary/aromatic N) is 2. The Hall–Kier alpha value is -2.17. The first-order valence-electron chi connectivity index (χ1n) is 4.35. The highest BCUT2D eigenvalue weighted by molar-refractivity contribution is 5.88. The van der Waals surface area contributed by atoms with Crippen LogP contribution < -0.4 is 5.73 Å². The molecule has 0 unspecified atom stereocenters. The second-order valence-corrected chi connectivity index (χ2v) is 3.09. The highest BCUT2D eigenvalue weighted by Gasteiger charge is 2.10. The Balaban J connectivity index is 2.41. The molecule has 2 heterocycles. The number of carbonyl (C=O) groups excluding carboxylic acids is 1. The largest absolute Gasteiger partial charge is 0.440 e. The van der Waals surface area contributed by atoms with E-state index in [1.807, 2.05) is 13.0 Å². The molecule has 0 bridgehead atoms. The molecular formula is C10H9N3O2. The lowest BCUT2D eigenvalue weighted by molar-refractivity contribution is 0.0967. The molecule has 2 N–H and O–H groups in total. The quantitative estimate of drug-likeness (QED) is 0.793. The first-order valence-corrected chi connectivity index (χ1v) is 4.35. The number of hydrogen-bond acceptors (Lipinski definition) is 4. The highest BCUT2D eigenvalue weighted by atomic mass is 16.3. The number of oxazole rings is 1. The van der Waals surface area contributed by atoms with Crippen molar-refractivity contribution in [2.45, 2.75) is 6.92 Å². The number of amides is 1. The van der Waals surface area contributed by atoms with Crippen molar-refractivity contribution in [3.05, 3.63) is 36.2 Å². The summed E-state index contributed by atoms with van der Waals surface area (Å²) in [5, 5.41) is 0. The summed E-state index contributed by atoms with van der Waals surface area (Å²) in [7, 11) is 0. The molecule has 0 saturated heterocycles. The maximum Gasteiger partial charge on any atom is 0.304 e. The van der Waals surface area contributed by atoms with Crippen LogP contribution in [0.1, 0.15) is 16.4 Å². The van der Waals surface area contributed by atoms with Crippen LogP contribution in [0.4, 0.5) is 0 Å². The number of hydrogen-bond donors (Lipinski definition) is 1. The predicted molar refractivity (Wildman–Crippen MR) is 53.0 cm³/mol. The van der Waals surface area contributed by atoms with Crippen LogP contribution in [0, 0.1) is 6.92 Å². The van der Waals surface area contributed by atoms with E-state index >= 15 is 0 Å². The molecule has 5 heteroatoms. The summed E-state index contributed by atoms with van der Waals surface area (Å²) < 4.78 is 4.91. The topological polar surface area (TPSA) is 82.0 Å². The van der Waals surface area contributed by atoms with Gasteiger partial charge in [0.25, 0.3) is 5.89 Å². The SMILES string of the molecule is Cc1cc(-c2coc(C(N)=O)n2)ccn1. The Labute approximate surface area is 86.0 Å². The van der Waals surface area contributed by atoms with E-state index in [0.29, 0.717) is 5.69 Å². The van der Waals surface area contributed by atoms with Crippen molar-refractivity contribution in [1.29, 1.82) is 0 Å². The fourth-order valence-electron chi connectivity index (χ4n) is 1.22. The first-order chi connectivity index (χ1) is 7.16. The zero-order valence-corrected chi connectivity index (χ0v) is 8.10. The van der Waals surface area contributed by atoms with Gasteiger partial charge in [-0.2, -0.15) is 0 Å². The zero-order valence-electron chi connectivity index (χ0n) is 8.10. The number of pyridine rings is 1. The molecule has 76 valence electrons. The number of rotatable bonds is 2. The van der Waals surface area contributed by atoms with E-state index in [-0.39, 0.29) is 5.89 Å². The van der Waals surface area contributed by atoms with E-state index in [1.54, 1.807) is 12.3 Å². The van der Waals surface area contributed by atoms with E-state index in [0.717, 1.165) is 11.3 Å². The molecule has 1 amide bonds. The van der Waals surface area contributed by atoms with Gasteiger partial charge in [0.15, 0.2) is 0 Å². The van der Waals surface area contributed by atoms with Crippen molar-refractivity contribution >= 4 is 5.91 Å². The van der Waals surface area contributed by atoms with E-state index in [4.69, 9.17) is 10.2 Å². The molecule has 2 aromatic heterocycles. The van der Waals surface area contributed by atoms with Crippen molar-refractivity contribution in [2.75, 3.05) is 0 Å². The maximum absolute atomic E-state index is 10.8. The van der Waals surface area contributed by atoms with E-state index in [1.165, 1.54) is 6.26 Å². The third-order valence-electron chi connectivity index (χ3n) is 1.91. The lowest BCUT2D eigenvalue weighted by Gasteiger charge is -1.95. The monoisotopic (exact) mass is 203 g/mol. The van der Waals surface area contributed by atoms with Gasteiger partial charge < -0.3 is 10.2 Å². The fraction of sp³-hybridized carbons (Fsp3) is 0.100. The minimum atomic E-state index is -0.674. The second kappa shape index (κ2) is 3.53. The van der Waals surface area contributed by atoms with Gasteiger partial charge in [0, 0.05) is 17.5 Å². The van der Waals surface area contributed by atoms with E-state index in [2.05, 4.69) is 9.97 Å². The standard InChI is InChI=1S/C10H9N3O2/c1-6-4-7(2-3-12-6)8-5-15-10(13-8)9(11)14/h2-5H,1H3,(H2,11,14). The number of nitrogens with two attached hydrogens (primary N) is 1. The molecule has 15 heavy (non-hydrogen) atoms. The molecule has 2 aromatic rings. The minimum Gasteiger partial charge on any atom is -0.440 e. The fourth-order valence-corrected chi connectivity index (χ4v) is 1.22. The smallest absolute Gasteiger partial charge is 0.304 e. The molecule has 0 spiro atoms. The molecular weight excluding hydrogens is 194 g/mol. The second-order valence-electron chi connectivity index (χ2n) is 3.09. The lowest BCUT2D eigenvalue weighted by atomic mass is 10.2. The number of carbonyl (C=O) groups is 1. The molecule has 2 rings (SSSR count). The molecule has 0 aromatic carbocycles. The number of aryl methyl sites for hydroxylation is 1. The third-order valence-corrected chi connectivity index (χ3v) is 1.91. The molecule has 0 saturated carbocycles. The Morgan fingerprint density at radius 2 is 2.33 bits per heavy atom. The van der Waals surface area contributed by atoms with Crippen molar-refractivity contribution in [2.24, 2.45) is 5.73 Å². The summed E-state index contributed by atoms with van der Waals surface area (Å²) in [6.07, 6.45) is 3.07. The van der Waals surface area contributed by atoms with Gasteiger partial charge in [0.05, 0.1) is 0 Å². The summed E-state index contributed by atoms with van der Waals surface area (Å²) in [5.74, 6) is -0.758. The van der Waals surface area contributed by atoms with Crippen molar-refractivity contribution in [1.82, 2.24) is 9.97 Å². The molecule has 5 nitrogen and oxygen atoms in total. The van der Waals surface area contributed by atoms with Gasteiger partial charge in [0.2, 0.25) is 0 Å². The lowest BCUT2D eigenvalue weighted by Crippen LogP contribution is -2.10. The summed E-state index contributed by atoms with van der Waals surface area (Å²) in [6, 6.07) is 3.64. The van der Waals surface area contributed by atoms with Crippen LogP contribution in [0.5, 0.6) is 0 Å². The normalized spacial score (nSPS) is 10.2. The number of aromatic nitrogens is 2. The van der Waals surface area contributed by atoms with Crippen LogP contribution in [0.25, 0.3) is 11.3 Å². The van der Waals surface area contributed by atoms with Crippen molar-refractivity contribution in [3.8, 4) is 11.3 Å². The Kier molecular flexibility index (Phi) is 2.21. The molecule has 0 radical (unpaired) electrons. The Bertz CT molecular complexity index is 505. The van der Waals surface area contributed by atoms with Gasteiger partial charge in [-0.1, -0.05) is 0 Å². The molecule has 0 aliphatic rings. The van der Waals surface area contributed by atoms with Gasteiger partial charge in [-0.25, -0.2) is 4.98 Å². The van der Waals surface area contributed by atoms with Gasteiger partial charge in [-0.15, -0.1) is 0 Å². The van der Waals surface area contributed by atoms with Crippen LogP contribution in [-0.4, -0.2) is 15.9 Å². The maximum atomic E-state index is 10.8. The van der Waals surface area contributed by atoms with Crippen molar-refractivity contribution < 1.29 is 9.21 Å². The van der Waals surface area contributed by atoms with Crippen LogP contribution >= 0.6 is 0 Å². The molecule has 0 atom stereocenters. The van der Waals surface area contributed by atoms with Crippen LogP contribution in [0.2, 0.25) is 0 Å². The van der Waals surface area contributed by atoms with Gasteiger partial charge >= 0.3 is 5.91 Å². The van der Waals surface area contributed by atoms with Crippen LogP contribution in [0.3, 0.4) is 0 Å². The summed E-state index contributed by atoms with van der Waals surface area (Å²) >= 11 is 0. The van der Waals surface area contributed by atoms with Gasteiger partial charge in [0.1, 0.15) is 12.0 Å². The third kappa shape index (κ3) is 1.85. The Morgan fingerprint density at radius 3 is 2.93 bits per heavy atom. The van der Waals surface area contributed by atoms with Gasteiger partial charge in [-0.3, -0.25) is 9.78 Å². The summed E-state index contributed by atoms with van der Waals surface area (Å²) in [5.41, 5.74) is 7.32. The predicted octanol–water partition coefficient (Wildman–Crippen LogP) is 1.14. The van der Waals surface area contributed by atoms with Crippen molar-refractivity contribution in [3.63, 3.8) is 0 Å². The molecule has 0 aliphatic heterocycles.